The van der Waals surface area contributed by atoms with Crippen LogP contribution >= 0.6 is 0 Å². The lowest BCUT2D eigenvalue weighted by molar-refractivity contribution is -0.124. The highest BCUT2D eigenvalue weighted by molar-refractivity contribution is 5.96. The predicted octanol–water partition coefficient (Wildman–Crippen LogP) is 5.18. The van der Waals surface area contributed by atoms with E-state index >= 15 is 0 Å². The van der Waals surface area contributed by atoms with Gasteiger partial charge in [0.2, 0.25) is 6.79 Å². The predicted molar refractivity (Wildman–Crippen MR) is 158 cm³/mol. The summed E-state index contributed by atoms with van der Waals surface area (Å²) < 4.78 is 26.6. The van der Waals surface area contributed by atoms with E-state index in [1.54, 1.807) is 44.6 Å². The number of esters is 1. The maximum absolute atomic E-state index is 12.9. The highest BCUT2D eigenvalue weighted by Gasteiger charge is 2.17. The molecule has 0 saturated carbocycles. The Hall–Kier alpha value is -5.64. The van der Waals surface area contributed by atoms with Crippen molar-refractivity contribution in [2.75, 3.05) is 27.6 Å². The molecule has 10 heteroatoms. The lowest BCUT2D eigenvalue weighted by Crippen LogP contribution is -2.28. The summed E-state index contributed by atoms with van der Waals surface area (Å²) in [6.07, 6.45) is 0. The average Bonchev–Trinajstić information content (AvgIpc) is 3.53. The fourth-order valence-corrected chi connectivity index (χ4v) is 4.60. The first kappa shape index (κ1) is 27.5. The monoisotopic (exact) mass is 577 g/mol. The van der Waals surface area contributed by atoms with Gasteiger partial charge in [0.05, 0.1) is 42.2 Å². The average molecular weight is 578 g/mol. The van der Waals surface area contributed by atoms with Crippen molar-refractivity contribution in [3.63, 3.8) is 0 Å². The summed E-state index contributed by atoms with van der Waals surface area (Å²) in [6, 6.07) is 25.4. The topological polar surface area (TPSA) is 118 Å². The molecule has 0 atom stereocenters. The molecule has 43 heavy (non-hydrogen) atoms. The van der Waals surface area contributed by atoms with Crippen LogP contribution in [0.5, 0.6) is 23.0 Å². The maximum atomic E-state index is 12.9. The third kappa shape index (κ3) is 6.03. The third-order valence-corrected chi connectivity index (χ3v) is 6.89. The number of carbonyl (C=O) groups excluding carboxylic acids is 2. The van der Waals surface area contributed by atoms with Crippen molar-refractivity contribution in [1.82, 2.24) is 15.3 Å². The van der Waals surface area contributed by atoms with Crippen LogP contribution in [0.25, 0.3) is 33.5 Å². The van der Waals surface area contributed by atoms with Gasteiger partial charge in [-0.05, 0) is 84.4 Å². The van der Waals surface area contributed by atoms with E-state index in [-0.39, 0.29) is 18.9 Å². The molecule has 4 aromatic carbocycles. The van der Waals surface area contributed by atoms with E-state index in [4.69, 9.17) is 33.7 Å². The molecule has 1 N–H and O–H groups in total. The highest BCUT2D eigenvalue weighted by Crippen LogP contribution is 2.34. The molecule has 2 heterocycles. The number of nitrogens with zero attached hydrogens (tertiary/aromatic N) is 2. The van der Waals surface area contributed by atoms with Gasteiger partial charge in [-0.1, -0.05) is 6.07 Å². The largest absolute Gasteiger partial charge is 0.497 e. The number of hydrogen-bond donors (Lipinski definition) is 1. The zero-order valence-corrected chi connectivity index (χ0v) is 23.5. The van der Waals surface area contributed by atoms with E-state index in [0.29, 0.717) is 39.7 Å². The second-order valence-electron chi connectivity index (χ2n) is 9.62. The number of rotatable bonds is 9. The molecule has 0 fully saturated rings. The molecule has 6 rings (SSSR count). The van der Waals surface area contributed by atoms with Crippen LogP contribution in [0.2, 0.25) is 0 Å². The molecule has 1 aromatic heterocycles. The number of hydrogen-bond acceptors (Lipinski definition) is 9. The van der Waals surface area contributed by atoms with Crippen molar-refractivity contribution >= 4 is 22.9 Å². The number of fused-ring (bicyclic) bond motifs is 2. The molecule has 0 aliphatic carbocycles. The van der Waals surface area contributed by atoms with Gasteiger partial charge in [0.15, 0.2) is 18.1 Å². The second kappa shape index (κ2) is 12.1. The van der Waals surface area contributed by atoms with Crippen molar-refractivity contribution < 1.29 is 33.3 Å². The summed E-state index contributed by atoms with van der Waals surface area (Å²) in [5.74, 6) is 1.66. The van der Waals surface area contributed by atoms with Gasteiger partial charge in [-0.15, -0.1) is 0 Å². The summed E-state index contributed by atoms with van der Waals surface area (Å²) in [5.41, 5.74) is 5.18. The lowest BCUT2D eigenvalue weighted by Gasteiger charge is -2.12. The smallest absolute Gasteiger partial charge is 0.338 e. The van der Waals surface area contributed by atoms with Crippen LogP contribution < -0.4 is 24.3 Å². The molecule has 0 radical (unpaired) electrons. The first-order valence-electron chi connectivity index (χ1n) is 13.4. The molecule has 0 spiro atoms. The summed E-state index contributed by atoms with van der Waals surface area (Å²) in [7, 11) is 3.22. The Bertz CT molecular complexity index is 1810. The first-order valence-corrected chi connectivity index (χ1v) is 13.4. The van der Waals surface area contributed by atoms with Gasteiger partial charge < -0.3 is 29.0 Å². The van der Waals surface area contributed by atoms with Crippen LogP contribution in [0.3, 0.4) is 0 Å². The van der Waals surface area contributed by atoms with Gasteiger partial charge in [-0.25, -0.2) is 14.8 Å². The first-order chi connectivity index (χ1) is 21.0. The number of benzene rings is 4. The zero-order chi connectivity index (χ0) is 29.8. The van der Waals surface area contributed by atoms with Crippen molar-refractivity contribution in [1.29, 1.82) is 0 Å². The van der Waals surface area contributed by atoms with Crippen molar-refractivity contribution in [2.45, 2.75) is 6.54 Å². The van der Waals surface area contributed by atoms with Crippen LogP contribution in [0, 0.1) is 0 Å². The Morgan fingerprint density at radius 2 is 1.37 bits per heavy atom. The lowest BCUT2D eigenvalue weighted by atomic mass is 10.0. The normalized spacial score (nSPS) is 11.7. The molecular formula is C33H27N3O7. The van der Waals surface area contributed by atoms with E-state index in [2.05, 4.69) is 5.32 Å². The molecule has 0 bridgehead atoms. The number of ether oxygens (including phenoxy) is 5. The number of carbonyl (C=O) groups is 2. The van der Waals surface area contributed by atoms with Crippen LogP contribution in [-0.4, -0.2) is 49.5 Å². The minimum atomic E-state index is -0.646. The Kier molecular flexibility index (Phi) is 7.73. The van der Waals surface area contributed by atoms with E-state index in [1.165, 1.54) is 0 Å². The van der Waals surface area contributed by atoms with Gasteiger partial charge >= 0.3 is 5.97 Å². The maximum Gasteiger partial charge on any atom is 0.338 e. The van der Waals surface area contributed by atoms with Crippen molar-refractivity contribution in [2.24, 2.45) is 0 Å². The number of aromatic nitrogens is 2. The standard InChI is InChI=1S/C33H27N3O7/c1-39-24-9-4-21(5-10-24)31-32(22-6-11-25(40-2)12-7-22)36-27-16-23(8-13-26(27)35-31)33(38)41-18-30(37)34-17-20-3-14-28-29(15-20)43-19-42-28/h3-16H,17-19H2,1-2H3,(H,34,37). The van der Waals surface area contributed by atoms with E-state index in [0.717, 1.165) is 22.4 Å². The quantitative estimate of drug-likeness (QED) is 0.236. The van der Waals surface area contributed by atoms with Crippen molar-refractivity contribution in [3.8, 4) is 45.5 Å². The third-order valence-electron chi connectivity index (χ3n) is 6.89. The minimum absolute atomic E-state index is 0.175. The molecule has 10 nitrogen and oxygen atoms in total. The highest BCUT2D eigenvalue weighted by atomic mass is 16.7. The molecule has 1 aliphatic heterocycles. The van der Waals surface area contributed by atoms with Crippen LogP contribution in [0.1, 0.15) is 15.9 Å². The molecule has 0 unspecified atom stereocenters. The second-order valence-corrected chi connectivity index (χ2v) is 9.62. The van der Waals surface area contributed by atoms with E-state index in [9.17, 15) is 9.59 Å². The van der Waals surface area contributed by atoms with E-state index in [1.807, 2.05) is 54.6 Å². The van der Waals surface area contributed by atoms with Crippen molar-refractivity contribution in [3.05, 3.63) is 96.1 Å². The Labute approximate surface area is 247 Å². The number of amides is 1. The number of nitrogens with one attached hydrogen (secondary N) is 1. The molecular weight excluding hydrogens is 550 g/mol. The summed E-state index contributed by atoms with van der Waals surface area (Å²) in [5, 5.41) is 2.74. The minimum Gasteiger partial charge on any atom is -0.497 e. The Balaban J connectivity index is 1.20. The van der Waals surface area contributed by atoms with Gasteiger partial charge in [-0.3, -0.25) is 4.79 Å². The van der Waals surface area contributed by atoms with Crippen LogP contribution in [0.15, 0.2) is 84.9 Å². The van der Waals surface area contributed by atoms with Gasteiger partial charge in [0.1, 0.15) is 11.5 Å². The Morgan fingerprint density at radius 1 is 0.744 bits per heavy atom. The summed E-state index contributed by atoms with van der Waals surface area (Å²) in [4.78, 5) is 35.0. The number of methoxy groups -OCH3 is 2. The molecule has 1 aliphatic rings. The SMILES string of the molecule is COc1ccc(-c2nc3ccc(C(=O)OCC(=O)NCc4ccc5c(c4)OCO5)cc3nc2-c2ccc(OC)cc2)cc1. The van der Waals surface area contributed by atoms with Crippen LogP contribution in [-0.2, 0) is 16.1 Å². The van der Waals surface area contributed by atoms with Crippen LogP contribution in [0.4, 0.5) is 0 Å². The summed E-state index contributed by atoms with van der Waals surface area (Å²) in [6.45, 7) is -0.00204. The molecule has 0 saturated heterocycles. The van der Waals surface area contributed by atoms with Gasteiger partial charge in [-0.2, -0.15) is 0 Å². The molecule has 5 aromatic rings. The molecule has 216 valence electrons. The Morgan fingerprint density at radius 3 is 2.02 bits per heavy atom. The van der Waals surface area contributed by atoms with Gasteiger partial charge in [0.25, 0.3) is 5.91 Å². The zero-order valence-electron chi connectivity index (χ0n) is 23.5. The van der Waals surface area contributed by atoms with E-state index < -0.39 is 18.5 Å². The van der Waals surface area contributed by atoms with Gasteiger partial charge in [0, 0.05) is 17.7 Å². The fraction of sp³-hybridized carbons (Fsp3) is 0.152. The fourth-order valence-electron chi connectivity index (χ4n) is 4.60. The molecule has 1 amide bonds. The summed E-state index contributed by atoms with van der Waals surface area (Å²) >= 11 is 0.